The van der Waals surface area contributed by atoms with Crippen LogP contribution in [-0.4, -0.2) is 29.8 Å². The summed E-state index contributed by atoms with van der Waals surface area (Å²) in [5.74, 6) is -0.792. The summed E-state index contributed by atoms with van der Waals surface area (Å²) in [5, 5.41) is 3.91. The number of halogens is 4. The first-order chi connectivity index (χ1) is 11.8. The third-order valence-electron chi connectivity index (χ3n) is 3.39. The average Bonchev–Trinajstić information content (AvgIpc) is 2.55. The minimum absolute atomic E-state index is 0.171. The molecule has 0 saturated carbocycles. The summed E-state index contributed by atoms with van der Waals surface area (Å²) >= 11 is 24.0. The first-order valence-corrected chi connectivity index (χ1v) is 8.82. The van der Waals surface area contributed by atoms with Crippen molar-refractivity contribution in [1.29, 1.82) is 0 Å². The van der Waals surface area contributed by atoms with Crippen LogP contribution < -0.4 is 5.32 Å². The second-order valence-electron chi connectivity index (χ2n) is 5.09. The van der Waals surface area contributed by atoms with Gasteiger partial charge in [0.25, 0.3) is 5.91 Å². The molecule has 2 rings (SSSR count). The van der Waals surface area contributed by atoms with Gasteiger partial charge in [0.15, 0.2) is 0 Å². The number of likely N-dealkylation sites (N-methyl/N-ethyl adjacent to an activating group) is 1. The van der Waals surface area contributed by atoms with Crippen LogP contribution in [0.25, 0.3) is 0 Å². The second-order valence-corrected chi connectivity index (χ2v) is 6.75. The Morgan fingerprint density at radius 1 is 1.00 bits per heavy atom. The summed E-state index contributed by atoms with van der Waals surface area (Å²) < 4.78 is 0. The van der Waals surface area contributed by atoms with Gasteiger partial charge in [0.1, 0.15) is 6.54 Å². The van der Waals surface area contributed by atoms with Gasteiger partial charge < -0.3 is 10.2 Å². The molecule has 2 aromatic carbocycles. The SMILES string of the molecule is CCN(CC(=O)Nc1c(Cl)cccc1Cl)C(=O)c1ccc(Cl)cc1Cl. The Balaban J connectivity index is 2.13. The standard InChI is InChI=1S/C17H14Cl4N2O2/c1-2-23(17(25)11-7-6-10(18)8-14(11)21)9-15(24)22-16-12(19)4-3-5-13(16)20/h3-8H,2,9H2,1H3,(H,22,24). The number of carbonyl (C=O) groups excluding carboxylic acids is 2. The Hall–Kier alpha value is -1.46. The quantitative estimate of drug-likeness (QED) is 0.705. The van der Waals surface area contributed by atoms with Crippen LogP contribution in [0.15, 0.2) is 36.4 Å². The van der Waals surface area contributed by atoms with E-state index >= 15 is 0 Å². The smallest absolute Gasteiger partial charge is 0.255 e. The van der Waals surface area contributed by atoms with Gasteiger partial charge >= 0.3 is 0 Å². The molecule has 0 heterocycles. The fourth-order valence-corrected chi connectivity index (χ4v) is 3.11. The highest BCUT2D eigenvalue weighted by Crippen LogP contribution is 2.29. The van der Waals surface area contributed by atoms with E-state index in [2.05, 4.69) is 5.32 Å². The Morgan fingerprint density at radius 2 is 1.64 bits per heavy atom. The number of nitrogens with one attached hydrogen (secondary N) is 1. The van der Waals surface area contributed by atoms with Crippen LogP contribution in [0, 0.1) is 0 Å². The van der Waals surface area contributed by atoms with Gasteiger partial charge in [-0.25, -0.2) is 0 Å². The van der Waals surface area contributed by atoms with Gasteiger partial charge in [-0.3, -0.25) is 9.59 Å². The molecule has 0 fully saturated rings. The molecule has 2 aromatic rings. The second kappa shape index (κ2) is 8.77. The lowest BCUT2D eigenvalue weighted by molar-refractivity contribution is -0.116. The van der Waals surface area contributed by atoms with E-state index in [1.807, 2.05) is 0 Å². The van der Waals surface area contributed by atoms with Crippen molar-refractivity contribution in [2.24, 2.45) is 0 Å². The van der Waals surface area contributed by atoms with Gasteiger partial charge in [0.05, 0.1) is 26.3 Å². The highest BCUT2D eigenvalue weighted by Gasteiger charge is 2.20. The zero-order chi connectivity index (χ0) is 18.6. The van der Waals surface area contributed by atoms with E-state index in [1.54, 1.807) is 31.2 Å². The number of anilines is 1. The molecule has 0 aliphatic rings. The molecule has 0 aromatic heterocycles. The van der Waals surface area contributed by atoms with E-state index in [1.165, 1.54) is 17.0 Å². The van der Waals surface area contributed by atoms with Gasteiger partial charge in [0.2, 0.25) is 5.91 Å². The molecule has 0 atom stereocenters. The van der Waals surface area contributed by atoms with Crippen LogP contribution in [0.5, 0.6) is 0 Å². The van der Waals surface area contributed by atoms with E-state index in [0.717, 1.165) is 0 Å². The van der Waals surface area contributed by atoms with Gasteiger partial charge in [-0.15, -0.1) is 0 Å². The largest absolute Gasteiger partial charge is 0.330 e. The number of hydrogen-bond donors (Lipinski definition) is 1. The fourth-order valence-electron chi connectivity index (χ4n) is 2.13. The minimum Gasteiger partial charge on any atom is -0.330 e. The molecule has 0 radical (unpaired) electrons. The summed E-state index contributed by atoms with van der Waals surface area (Å²) in [6, 6.07) is 9.47. The molecule has 25 heavy (non-hydrogen) atoms. The zero-order valence-electron chi connectivity index (χ0n) is 13.2. The number of para-hydroxylation sites is 1. The van der Waals surface area contributed by atoms with Crippen molar-refractivity contribution in [2.75, 3.05) is 18.4 Å². The molecule has 0 unspecified atom stereocenters. The normalized spacial score (nSPS) is 10.4. The van der Waals surface area contributed by atoms with Crippen molar-refractivity contribution >= 4 is 63.9 Å². The summed E-state index contributed by atoms with van der Waals surface area (Å²) in [7, 11) is 0. The minimum atomic E-state index is -0.421. The maximum atomic E-state index is 12.6. The topological polar surface area (TPSA) is 49.4 Å². The molecular formula is C17H14Cl4N2O2. The van der Waals surface area contributed by atoms with Gasteiger partial charge in [0, 0.05) is 11.6 Å². The highest BCUT2D eigenvalue weighted by atomic mass is 35.5. The molecule has 0 bridgehead atoms. The molecule has 0 saturated heterocycles. The van der Waals surface area contributed by atoms with Crippen molar-refractivity contribution in [3.05, 3.63) is 62.1 Å². The summed E-state index contributed by atoms with van der Waals surface area (Å²) in [4.78, 5) is 26.2. The summed E-state index contributed by atoms with van der Waals surface area (Å²) in [6.45, 7) is 1.91. The lowest BCUT2D eigenvalue weighted by Gasteiger charge is -2.21. The van der Waals surface area contributed by atoms with Crippen LogP contribution >= 0.6 is 46.4 Å². The van der Waals surface area contributed by atoms with Crippen LogP contribution in [0.1, 0.15) is 17.3 Å². The van der Waals surface area contributed by atoms with Crippen molar-refractivity contribution < 1.29 is 9.59 Å². The fraction of sp³-hybridized carbons (Fsp3) is 0.176. The van der Waals surface area contributed by atoms with Crippen LogP contribution in [0.2, 0.25) is 20.1 Å². The number of rotatable bonds is 5. The molecule has 0 aliphatic carbocycles. The molecule has 0 spiro atoms. The Kier molecular flexibility index (Phi) is 6.96. The van der Waals surface area contributed by atoms with Gasteiger partial charge in [-0.05, 0) is 37.3 Å². The van der Waals surface area contributed by atoms with Crippen molar-refractivity contribution in [2.45, 2.75) is 6.92 Å². The zero-order valence-corrected chi connectivity index (χ0v) is 16.2. The molecule has 2 amide bonds. The molecule has 1 N–H and O–H groups in total. The molecule has 132 valence electrons. The first-order valence-electron chi connectivity index (χ1n) is 7.31. The van der Waals surface area contributed by atoms with E-state index in [9.17, 15) is 9.59 Å². The number of nitrogens with zero attached hydrogens (tertiary/aromatic N) is 1. The highest BCUT2D eigenvalue weighted by molar-refractivity contribution is 6.40. The third kappa shape index (κ3) is 5.02. The Morgan fingerprint density at radius 3 is 2.20 bits per heavy atom. The van der Waals surface area contributed by atoms with Crippen molar-refractivity contribution in [3.8, 4) is 0 Å². The van der Waals surface area contributed by atoms with Crippen molar-refractivity contribution in [3.63, 3.8) is 0 Å². The number of hydrogen-bond acceptors (Lipinski definition) is 2. The van der Waals surface area contributed by atoms with Crippen LogP contribution in [0.4, 0.5) is 5.69 Å². The maximum Gasteiger partial charge on any atom is 0.255 e. The lowest BCUT2D eigenvalue weighted by atomic mass is 10.2. The van der Waals surface area contributed by atoms with Crippen molar-refractivity contribution in [1.82, 2.24) is 4.90 Å². The average molecular weight is 420 g/mol. The van der Waals surface area contributed by atoms with Crippen LogP contribution in [0.3, 0.4) is 0 Å². The van der Waals surface area contributed by atoms with Gasteiger partial charge in [-0.2, -0.15) is 0 Å². The van der Waals surface area contributed by atoms with E-state index < -0.39 is 5.91 Å². The molecule has 4 nitrogen and oxygen atoms in total. The van der Waals surface area contributed by atoms with E-state index in [4.69, 9.17) is 46.4 Å². The maximum absolute atomic E-state index is 12.6. The molecule has 8 heteroatoms. The molecule has 0 aliphatic heterocycles. The number of carbonyl (C=O) groups is 2. The number of amides is 2. The van der Waals surface area contributed by atoms with Gasteiger partial charge in [-0.1, -0.05) is 52.5 Å². The van der Waals surface area contributed by atoms with E-state index in [0.29, 0.717) is 27.3 Å². The lowest BCUT2D eigenvalue weighted by Crippen LogP contribution is -2.38. The monoisotopic (exact) mass is 418 g/mol. The number of benzene rings is 2. The third-order valence-corrected chi connectivity index (χ3v) is 4.57. The molecular weight excluding hydrogens is 406 g/mol. The summed E-state index contributed by atoms with van der Waals surface area (Å²) in [5.41, 5.74) is 0.584. The summed E-state index contributed by atoms with van der Waals surface area (Å²) in [6.07, 6.45) is 0. The first kappa shape index (κ1) is 19.9. The predicted octanol–water partition coefficient (Wildman–Crippen LogP) is 5.40. The Bertz CT molecular complexity index is 791. The van der Waals surface area contributed by atoms with E-state index in [-0.39, 0.29) is 23.0 Å². The predicted molar refractivity (Wildman–Crippen MR) is 103 cm³/mol. The Labute approximate surface area is 165 Å². The van der Waals surface area contributed by atoms with Crippen LogP contribution in [-0.2, 0) is 4.79 Å².